The van der Waals surface area contributed by atoms with Gasteiger partial charge in [0.25, 0.3) is 5.91 Å². The fraction of sp³-hybridized carbons (Fsp3) is 0.429. The van der Waals surface area contributed by atoms with Crippen LogP contribution in [0.2, 0.25) is 0 Å². The van der Waals surface area contributed by atoms with E-state index >= 15 is 0 Å². The molecule has 2 atom stereocenters. The highest BCUT2D eigenvalue weighted by Crippen LogP contribution is 2.33. The molecule has 3 fully saturated rings. The number of nitrogens with one attached hydrogen (secondary N) is 2. The molecular formula is C21H25N3O3S. The van der Waals surface area contributed by atoms with E-state index in [1.807, 2.05) is 24.3 Å². The van der Waals surface area contributed by atoms with E-state index in [2.05, 4.69) is 22.5 Å². The number of piperidine rings is 3. The van der Waals surface area contributed by atoms with Gasteiger partial charge in [-0.05, 0) is 63.0 Å². The Kier molecular flexibility index (Phi) is 5.46. The third-order valence-corrected chi connectivity index (χ3v) is 6.63. The summed E-state index contributed by atoms with van der Waals surface area (Å²) in [6.45, 7) is 5.98. The van der Waals surface area contributed by atoms with Gasteiger partial charge >= 0.3 is 0 Å². The summed E-state index contributed by atoms with van der Waals surface area (Å²) < 4.78 is 5.45. The van der Waals surface area contributed by atoms with E-state index in [-0.39, 0.29) is 17.9 Å². The summed E-state index contributed by atoms with van der Waals surface area (Å²) in [4.78, 5) is 27.2. The largest absolute Gasteiger partial charge is 0.456 e. The molecule has 28 heavy (non-hydrogen) atoms. The van der Waals surface area contributed by atoms with Crippen LogP contribution in [0.1, 0.15) is 37.0 Å². The summed E-state index contributed by atoms with van der Waals surface area (Å²) in [7, 11) is 0. The first kappa shape index (κ1) is 19.1. The maximum atomic E-state index is 12.7. The number of rotatable bonds is 5. The van der Waals surface area contributed by atoms with Gasteiger partial charge in [0.05, 0.1) is 5.69 Å². The Bertz CT molecular complexity index is 854. The van der Waals surface area contributed by atoms with E-state index in [9.17, 15) is 9.59 Å². The first-order chi connectivity index (χ1) is 13.5. The van der Waals surface area contributed by atoms with Gasteiger partial charge in [-0.1, -0.05) is 11.8 Å². The van der Waals surface area contributed by atoms with Crippen LogP contribution in [0, 0.1) is 5.92 Å². The lowest BCUT2D eigenvalue weighted by Gasteiger charge is -2.49. The third kappa shape index (κ3) is 4.10. The normalized spacial score (nSPS) is 26.1. The molecule has 3 saturated heterocycles. The second-order valence-electron chi connectivity index (χ2n) is 7.58. The molecule has 0 saturated carbocycles. The molecule has 0 radical (unpaired) electrons. The molecule has 0 spiro atoms. The zero-order valence-electron chi connectivity index (χ0n) is 16.1. The van der Waals surface area contributed by atoms with Crippen molar-refractivity contribution in [1.29, 1.82) is 0 Å². The highest BCUT2D eigenvalue weighted by Gasteiger charge is 2.40. The quantitative estimate of drug-likeness (QED) is 0.804. The molecule has 6 nitrogen and oxygen atoms in total. The van der Waals surface area contributed by atoms with Crippen molar-refractivity contribution in [2.45, 2.75) is 48.8 Å². The van der Waals surface area contributed by atoms with Crippen LogP contribution in [0.25, 0.3) is 0 Å². The monoisotopic (exact) mass is 399 g/mol. The van der Waals surface area contributed by atoms with Crippen LogP contribution in [0.5, 0.6) is 0 Å². The van der Waals surface area contributed by atoms with E-state index in [0.717, 1.165) is 18.0 Å². The number of benzene rings is 1. The maximum Gasteiger partial charge on any atom is 0.251 e. The Morgan fingerprint density at radius 1 is 1.18 bits per heavy atom. The minimum atomic E-state index is -0.134. The number of anilines is 1. The number of carbonyl (C=O) groups excluding carboxylic acids is 2. The number of carbonyl (C=O) groups is 2. The van der Waals surface area contributed by atoms with Crippen molar-refractivity contribution >= 4 is 29.3 Å². The summed E-state index contributed by atoms with van der Waals surface area (Å²) in [5, 5.41) is 6.63. The predicted molar refractivity (Wildman–Crippen MR) is 109 cm³/mol. The van der Waals surface area contributed by atoms with Crippen LogP contribution in [0.3, 0.4) is 0 Å². The van der Waals surface area contributed by atoms with Crippen molar-refractivity contribution in [3.8, 4) is 0 Å². The molecule has 1 aromatic carbocycles. The molecule has 2 bridgehead atoms. The molecule has 2 aromatic rings. The van der Waals surface area contributed by atoms with E-state index < -0.39 is 0 Å². The lowest BCUT2D eigenvalue weighted by molar-refractivity contribution is -0.114. The number of fused-ring (bicyclic) bond motifs is 3. The highest BCUT2D eigenvalue weighted by molar-refractivity contribution is 7.99. The van der Waals surface area contributed by atoms with Crippen molar-refractivity contribution in [1.82, 2.24) is 10.2 Å². The first-order valence-corrected chi connectivity index (χ1v) is 10.5. The Balaban J connectivity index is 1.37. The van der Waals surface area contributed by atoms with Gasteiger partial charge in [0.2, 0.25) is 5.91 Å². The van der Waals surface area contributed by atoms with E-state index in [0.29, 0.717) is 28.3 Å². The molecule has 2 N–H and O–H groups in total. The number of nitrogens with zero attached hydrogens (tertiary/aromatic N) is 1. The van der Waals surface area contributed by atoms with Crippen molar-refractivity contribution in [2.24, 2.45) is 5.92 Å². The fourth-order valence-corrected chi connectivity index (χ4v) is 5.00. The Morgan fingerprint density at radius 2 is 1.89 bits per heavy atom. The lowest BCUT2D eigenvalue weighted by atomic mass is 9.79. The Morgan fingerprint density at radius 3 is 2.54 bits per heavy atom. The Labute approximate surface area is 169 Å². The summed E-state index contributed by atoms with van der Waals surface area (Å²) >= 11 is 1.45. The van der Waals surface area contributed by atoms with E-state index in [1.165, 1.54) is 37.8 Å². The molecule has 0 unspecified atom stereocenters. The molecule has 148 valence electrons. The number of furan rings is 1. The molecule has 4 heterocycles. The van der Waals surface area contributed by atoms with Crippen molar-refractivity contribution < 1.29 is 14.0 Å². The lowest BCUT2D eigenvalue weighted by Crippen LogP contribution is -2.62. The van der Waals surface area contributed by atoms with Gasteiger partial charge in [0.1, 0.15) is 6.26 Å². The van der Waals surface area contributed by atoms with E-state index in [1.54, 1.807) is 6.07 Å². The summed E-state index contributed by atoms with van der Waals surface area (Å²) in [6, 6.07) is 9.95. The maximum absolute atomic E-state index is 12.7. The van der Waals surface area contributed by atoms with Crippen LogP contribution < -0.4 is 10.6 Å². The molecule has 3 aliphatic rings. The third-order valence-electron chi connectivity index (χ3n) is 5.71. The second-order valence-corrected chi connectivity index (χ2v) is 8.65. The van der Waals surface area contributed by atoms with Gasteiger partial charge in [-0.3, -0.25) is 14.5 Å². The smallest absolute Gasteiger partial charge is 0.251 e. The molecular weight excluding hydrogens is 374 g/mol. The first-order valence-electron chi connectivity index (χ1n) is 9.68. The van der Waals surface area contributed by atoms with Crippen LogP contribution in [0.15, 0.2) is 51.0 Å². The van der Waals surface area contributed by atoms with Crippen LogP contribution in [-0.4, -0.2) is 41.9 Å². The van der Waals surface area contributed by atoms with Gasteiger partial charge in [-0.2, -0.15) is 0 Å². The number of amides is 2. The Hall–Kier alpha value is -2.25. The van der Waals surface area contributed by atoms with Crippen LogP contribution in [-0.2, 0) is 4.79 Å². The number of hydrogen-bond donors (Lipinski definition) is 2. The highest BCUT2D eigenvalue weighted by atomic mass is 32.2. The molecule has 5 rings (SSSR count). The van der Waals surface area contributed by atoms with Gasteiger partial charge in [-0.25, -0.2) is 0 Å². The molecule has 1 aromatic heterocycles. The average Bonchev–Trinajstić information content (AvgIpc) is 3.11. The SMILES string of the molecule is CC(=O)Nc1coc(Sc2ccc(C(=O)N[C@@H]3C4CCN(CC4)[C@@H]3C)cc2)c1. The summed E-state index contributed by atoms with van der Waals surface area (Å²) in [5.74, 6) is 0.452. The van der Waals surface area contributed by atoms with Gasteiger partial charge in [0.15, 0.2) is 5.09 Å². The molecule has 7 heteroatoms. The zero-order chi connectivity index (χ0) is 19.7. The van der Waals surface area contributed by atoms with Gasteiger partial charge in [-0.15, -0.1) is 0 Å². The van der Waals surface area contributed by atoms with Crippen LogP contribution in [0.4, 0.5) is 5.69 Å². The summed E-state index contributed by atoms with van der Waals surface area (Å²) in [6.07, 6.45) is 3.86. The standard InChI is InChI=1S/C21H25N3O3S/c1-13-20(15-7-9-24(13)10-8-15)23-21(26)16-3-5-18(6-4-16)28-19-11-17(12-27-19)22-14(2)25/h3-6,11-13,15,20H,7-10H2,1-2H3,(H,22,25)(H,23,26)/t13-,20+/m1/s1. The van der Waals surface area contributed by atoms with Crippen LogP contribution >= 0.6 is 11.8 Å². The summed E-state index contributed by atoms with van der Waals surface area (Å²) in [5.41, 5.74) is 1.31. The number of hydrogen-bond acceptors (Lipinski definition) is 5. The minimum absolute atomic E-state index is 0.00640. The van der Waals surface area contributed by atoms with Crippen molar-refractivity contribution in [3.05, 3.63) is 42.2 Å². The average molecular weight is 400 g/mol. The fourth-order valence-electron chi connectivity index (χ4n) is 4.21. The topological polar surface area (TPSA) is 74.6 Å². The van der Waals surface area contributed by atoms with E-state index in [4.69, 9.17) is 4.42 Å². The van der Waals surface area contributed by atoms with Gasteiger partial charge < -0.3 is 15.1 Å². The van der Waals surface area contributed by atoms with Crippen molar-refractivity contribution in [3.63, 3.8) is 0 Å². The molecule has 3 aliphatic heterocycles. The van der Waals surface area contributed by atoms with Gasteiger partial charge in [0, 0.05) is 35.5 Å². The molecule has 0 aliphatic carbocycles. The zero-order valence-corrected chi connectivity index (χ0v) is 16.9. The molecule has 2 amide bonds. The predicted octanol–water partition coefficient (Wildman–Crippen LogP) is 3.60. The van der Waals surface area contributed by atoms with Crippen molar-refractivity contribution in [2.75, 3.05) is 18.4 Å². The second kappa shape index (κ2) is 8.01. The minimum Gasteiger partial charge on any atom is -0.456 e.